The molecule has 1 fully saturated rings. The van der Waals surface area contributed by atoms with E-state index < -0.39 is 0 Å². The summed E-state index contributed by atoms with van der Waals surface area (Å²) in [6, 6.07) is 17.1. The predicted octanol–water partition coefficient (Wildman–Crippen LogP) is 3.30. The molecule has 28 heavy (non-hydrogen) atoms. The predicted molar refractivity (Wildman–Crippen MR) is 109 cm³/mol. The summed E-state index contributed by atoms with van der Waals surface area (Å²) in [5.41, 5.74) is 1.93. The van der Waals surface area contributed by atoms with Gasteiger partial charge in [0.05, 0.1) is 6.61 Å². The van der Waals surface area contributed by atoms with Crippen LogP contribution in [0.25, 0.3) is 0 Å². The molecule has 6 heteroatoms. The number of ether oxygens (including phenoxy) is 1. The Morgan fingerprint density at radius 2 is 1.89 bits per heavy atom. The SMILES string of the molecule is CCOc1ccc(NC(=O)NC[C@H]2CC(=O)N(CCc3ccccc3)C2)cc1. The molecule has 1 atom stereocenters. The Morgan fingerprint density at radius 1 is 1.14 bits per heavy atom. The van der Waals surface area contributed by atoms with Gasteiger partial charge in [-0.05, 0) is 43.2 Å². The minimum absolute atomic E-state index is 0.148. The molecule has 2 aromatic carbocycles. The van der Waals surface area contributed by atoms with Crippen LogP contribution in [-0.4, -0.2) is 43.1 Å². The summed E-state index contributed by atoms with van der Waals surface area (Å²) in [6.45, 7) is 4.43. The topological polar surface area (TPSA) is 70.7 Å². The number of hydrogen-bond donors (Lipinski definition) is 2. The summed E-state index contributed by atoms with van der Waals surface area (Å²) in [7, 11) is 0. The van der Waals surface area contributed by atoms with Crippen molar-refractivity contribution < 1.29 is 14.3 Å². The monoisotopic (exact) mass is 381 g/mol. The Balaban J connectivity index is 1.39. The van der Waals surface area contributed by atoms with Gasteiger partial charge in [-0.2, -0.15) is 0 Å². The highest BCUT2D eigenvalue weighted by molar-refractivity contribution is 5.89. The molecule has 3 amide bonds. The number of carbonyl (C=O) groups excluding carboxylic acids is 2. The highest BCUT2D eigenvalue weighted by atomic mass is 16.5. The number of nitrogens with one attached hydrogen (secondary N) is 2. The first-order valence-electron chi connectivity index (χ1n) is 9.73. The first kappa shape index (κ1) is 19.7. The van der Waals surface area contributed by atoms with Crippen LogP contribution in [0.4, 0.5) is 10.5 Å². The molecule has 0 aliphatic carbocycles. The van der Waals surface area contributed by atoms with Crippen molar-refractivity contribution in [3.63, 3.8) is 0 Å². The lowest BCUT2D eigenvalue weighted by molar-refractivity contribution is -0.127. The molecule has 1 aliphatic rings. The van der Waals surface area contributed by atoms with E-state index >= 15 is 0 Å². The number of anilines is 1. The van der Waals surface area contributed by atoms with Gasteiger partial charge in [-0.25, -0.2) is 4.79 Å². The van der Waals surface area contributed by atoms with E-state index in [1.165, 1.54) is 5.56 Å². The van der Waals surface area contributed by atoms with Crippen LogP contribution in [-0.2, 0) is 11.2 Å². The molecule has 0 unspecified atom stereocenters. The second kappa shape index (κ2) is 9.78. The van der Waals surface area contributed by atoms with Gasteiger partial charge in [0.15, 0.2) is 0 Å². The Bertz CT molecular complexity index is 777. The molecule has 2 N–H and O–H groups in total. The molecule has 0 spiro atoms. The Morgan fingerprint density at radius 3 is 2.61 bits per heavy atom. The van der Waals surface area contributed by atoms with E-state index in [1.807, 2.05) is 42.2 Å². The van der Waals surface area contributed by atoms with E-state index in [0.717, 1.165) is 18.7 Å². The first-order valence-corrected chi connectivity index (χ1v) is 9.73. The standard InChI is InChI=1S/C22H27N3O3/c1-2-28-20-10-8-19(9-11-20)24-22(27)23-15-18-14-21(26)25(16-18)13-12-17-6-4-3-5-7-17/h3-11,18H,2,12-16H2,1H3,(H2,23,24,27)/t18-/m1/s1. The van der Waals surface area contributed by atoms with E-state index in [1.54, 1.807) is 12.1 Å². The van der Waals surface area contributed by atoms with E-state index in [9.17, 15) is 9.59 Å². The Kier molecular flexibility index (Phi) is 6.89. The van der Waals surface area contributed by atoms with Crippen molar-refractivity contribution in [2.75, 3.05) is 31.6 Å². The molecule has 2 aromatic rings. The fraction of sp³-hybridized carbons (Fsp3) is 0.364. The molecule has 0 radical (unpaired) electrons. The van der Waals surface area contributed by atoms with E-state index in [0.29, 0.717) is 31.8 Å². The number of amides is 3. The maximum atomic E-state index is 12.2. The van der Waals surface area contributed by atoms with Gasteiger partial charge < -0.3 is 20.3 Å². The van der Waals surface area contributed by atoms with Crippen molar-refractivity contribution in [1.29, 1.82) is 0 Å². The van der Waals surface area contributed by atoms with Gasteiger partial charge in [-0.1, -0.05) is 30.3 Å². The Hall–Kier alpha value is -3.02. The molecule has 0 aromatic heterocycles. The minimum Gasteiger partial charge on any atom is -0.494 e. The summed E-state index contributed by atoms with van der Waals surface area (Å²) in [4.78, 5) is 26.2. The number of likely N-dealkylation sites (tertiary alicyclic amines) is 1. The summed E-state index contributed by atoms with van der Waals surface area (Å²) < 4.78 is 5.38. The Labute approximate surface area is 165 Å². The molecular formula is C22H27N3O3. The van der Waals surface area contributed by atoms with Crippen LogP contribution in [0, 0.1) is 5.92 Å². The largest absolute Gasteiger partial charge is 0.494 e. The number of urea groups is 1. The van der Waals surface area contributed by atoms with E-state index in [2.05, 4.69) is 22.8 Å². The molecule has 1 saturated heterocycles. The van der Waals surface area contributed by atoms with Crippen LogP contribution in [0.5, 0.6) is 5.75 Å². The van der Waals surface area contributed by atoms with Gasteiger partial charge >= 0.3 is 6.03 Å². The van der Waals surface area contributed by atoms with Crippen molar-refractivity contribution in [2.45, 2.75) is 19.8 Å². The van der Waals surface area contributed by atoms with Crippen LogP contribution in [0.3, 0.4) is 0 Å². The average molecular weight is 381 g/mol. The minimum atomic E-state index is -0.264. The zero-order valence-corrected chi connectivity index (χ0v) is 16.2. The van der Waals surface area contributed by atoms with Crippen LogP contribution < -0.4 is 15.4 Å². The van der Waals surface area contributed by atoms with Crippen LogP contribution in [0.2, 0.25) is 0 Å². The van der Waals surface area contributed by atoms with E-state index in [-0.39, 0.29) is 17.9 Å². The first-order chi connectivity index (χ1) is 13.6. The molecule has 1 aliphatic heterocycles. The smallest absolute Gasteiger partial charge is 0.319 e. The highest BCUT2D eigenvalue weighted by Crippen LogP contribution is 2.18. The second-order valence-electron chi connectivity index (χ2n) is 6.94. The number of hydrogen-bond acceptors (Lipinski definition) is 3. The second-order valence-corrected chi connectivity index (χ2v) is 6.94. The molecule has 1 heterocycles. The quantitative estimate of drug-likeness (QED) is 0.737. The lowest BCUT2D eigenvalue weighted by Gasteiger charge is -2.17. The maximum Gasteiger partial charge on any atom is 0.319 e. The molecule has 6 nitrogen and oxygen atoms in total. The van der Waals surface area contributed by atoms with Crippen LogP contribution in [0.1, 0.15) is 18.9 Å². The molecular weight excluding hydrogens is 354 g/mol. The summed E-state index contributed by atoms with van der Waals surface area (Å²) in [5.74, 6) is 1.08. The summed E-state index contributed by atoms with van der Waals surface area (Å²) in [6.07, 6.45) is 1.34. The zero-order chi connectivity index (χ0) is 19.8. The molecule has 148 valence electrons. The number of benzene rings is 2. The normalized spacial score (nSPS) is 16.1. The van der Waals surface area contributed by atoms with Gasteiger partial charge in [-0.3, -0.25) is 4.79 Å². The fourth-order valence-corrected chi connectivity index (χ4v) is 3.33. The molecule has 0 bridgehead atoms. The summed E-state index contributed by atoms with van der Waals surface area (Å²) in [5, 5.41) is 5.67. The van der Waals surface area contributed by atoms with Crippen molar-refractivity contribution in [3.05, 3.63) is 60.2 Å². The zero-order valence-electron chi connectivity index (χ0n) is 16.2. The van der Waals surface area contributed by atoms with Crippen LogP contribution in [0.15, 0.2) is 54.6 Å². The van der Waals surface area contributed by atoms with Crippen molar-refractivity contribution in [3.8, 4) is 5.75 Å². The number of rotatable bonds is 8. The van der Waals surface area contributed by atoms with Gasteiger partial charge in [0, 0.05) is 37.7 Å². The van der Waals surface area contributed by atoms with Gasteiger partial charge in [0.25, 0.3) is 0 Å². The van der Waals surface area contributed by atoms with Gasteiger partial charge in [0.1, 0.15) is 5.75 Å². The molecule has 0 saturated carbocycles. The van der Waals surface area contributed by atoms with Crippen molar-refractivity contribution >= 4 is 17.6 Å². The van der Waals surface area contributed by atoms with Crippen LogP contribution >= 0.6 is 0 Å². The van der Waals surface area contributed by atoms with Crippen molar-refractivity contribution in [2.24, 2.45) is 5.92 Å². The number of nitrogens with zero attached hydrogens (tertiary/aromatic N) is 1. The van der Waals surface area contributed by atoms with E-state index in [4.69, 9.17) is 4.74 Å². The lowest BCUT2D eigenvalue weighted by atomic mass is 10.1. The third-order valence-electron chi connectivity index (χ3n) is 4.78. The third-order valence-corrected chi connectivity index (χ3v) is 4.78. The average Bonchev–Trinajstić information content (AvgIpc) is 3.07. The number of carbonyl (C=O) groups is 2. The van der Waals surface area contributed by atoms with Gasteiger partial charge in [-0.15, -0.1) is 0 Å². The van der Waals surface area contributed by atoms with Gasteiger partial charge in [0.2, 0.25) is 5.91 Å². The third kappa shape index (κ3) is 5.74. The maximum absolute atomic E-state index is 12.2. The fourth-order valence-electron chi connectivity index (χ4n) is 3.33. The molecule has 3 rings (SSSR count). The summed E-state index contributed by atoms with van der Waals surface area (Å²) >= 11 is 0. The lowest BCUT2D eigenvalue weighted by Crippen LogP contribution is -2.34. The van der Waals surface area contributed by atoms with Crippen molar-refractivity contribution in [1.82, 2.24) is 10.2 Å². The highest BCUT2D eigenvalue weighted by Gasteiger charge is 2.29.